The molecule has 6 nitrogen and oxygen atoms in total. The van der Waals surface area contributed by atoms with Crippen LogP contribution in [0.25, 0.3) is 10.8 Å². The standard InChI is InChI=1S/C26H27N3O3S/c1-17-11-12-18(2)22(15-17)28-26-29(13-14-32-3)25(31)23(33-26)16-24(30)27-21-10-6-8-19-7-4-5-9-20(19)21/h4-12,15,23H,13-14,16H2,1-3H3,(H,27,30). The largest absolute Gasteiger partial charge is 0.383 e. The number of benzene rings is 3. The Hall–Kier alpha value is -3.16. The predicted molar refractivity (Wildman–Crippen MR) is 135 cm³/mol. The van der Waals surface area contributed by atoms with Crippen molar-refractivity contribution in [1.29, 1.82) is 0 Å². The van der Waals surface area contributed by atoms with Crippen molar-refractivity contribution >= 4 is 50.9 Å². The summed E-state index contributed by atoms with van der Waals surface area (Å²) in [5, 5.41) is 5.08. The number of aryl methyl sites for hydroxylation is 2. The molecule has 3 aromatic rings. The quantitative estimate of drug-likeness (QED) is 0.534. The lowest BCUT2D eigenvalue weighted by atomic mass is 10.1. The van der Waals surface area contributed by atoms with E-state index in [-0.39, 0.29) is 18.2 Å². The molecule has 1 fully saturated rings. The van der Waals surface area contributed by atoms with E-state index in [2.05, 4.69) is 5.32 Å². The summed E-state index contributed by atoms with van der Waals surface area (Å²) in [6.07, 6.45) is 0.0715. The van der Waals surface area contributed by atoms with Gasteiger partial charge in [0.25, 0.3) is 0 Å². The lowest BCUT2D eigenvalue weighted by molar-refractivity contribution is -0.128. The number of nitrogens with zero attached hydrogens (tertiary/aromatic N) is 2. The Labute approximate surface area is 198 Å². The number of anilines is 1. The van der Waals surface area contributed by atoms with Gasteiger partial charge < -0.3 is 10.1 Å². The third kappa shape index (κ3) is 5.26. The van der Waals surface area contributed by atoms with Crippen molar-refractivity contribution in [2.75, 3.05) is 25.6 Å². The van der Waals surface area contributed by atoms with Gasteiger partial charge in [0.2, 0.25) is 11.8 Å². The van der Waals surface area contributed by atoms with E-state index in [1.54, 1.807) is 12.0 Å². The van der Waals surface area contributed by atoms with Gasteiger partial charge in [-0.15, -0.1) is 0 Å². The number of methoxy groups -OCH3 is 1. The minimum Gasteiger partial charge on any atom is -0.383 e. The van der Waals surface area contributed by atoms with Crippen LogP contribution in [0.15, 0.2) is 65.7 Å². The van der Waals surface area contributed by atoms with Crippen LogP contribution in [-0.4, -0.2) is 47.4 Å². The molecule has 0 saturated carbocycles. The van der Waals surface area contributed by atoms with Crippen molar-refractivity contribution < 1.29 is 14.3 Å². The van der Waals surface area contributed by atoms with E-state index in [1.165, 1.54) is 11.8 Å². The molecule has 3 aromatic carbocycles. The Kier molecular flexibility index (Phi) is 7.11. The molecule has 0 radical (unpaired) electrons. The Balaban J connectivity index is 1.53. The monoisotopic (exact) mass is 461 g/mol. The molecule has 1 N–H and O–H groups in total. The van der Waals surface area contributed by atoms with Gasteiger partial charge in [-0.2, -0.15) is 0 Å². The van der Waals surface area contributed by atoms with Gasteiger partial charge in [-0.25, -0.2) is 4.99 Å². The zero-order chi connectivity index (χ0) is 23.4. The lowest BCUT2D eigenvalue weighted by Gasteiger charge is -2.16. The highest BCUT2D eigenvalue weighted by molar-refractivity contribution is 8.15. The number of ether oxygens (including phenoxy) is 1. The van der Waals surface area contributed by atoms with Crippen molar-refractivity contribution in [3.63, 3.8) is 0 Å². The van der Waals surface area contributed by atoms with E-state index < -0.39 is 5.25 Å². The Morgan fingerprint density at radius 2 is 1.91 bits per heavy atom. The van der Waals surface area contributed by atoms with Crippen LogP contribution in [-0.2, 0) is 14.3 Å². The first-order valence-electron chi connectivity index (χ1n) is 10.9. The Morgan fingerprint density at radius 3 is 2.73 bits per heavy atom. The highest BCUT2D eigenvalue weighted by atomic mass is 32.2. The first-order valence-corrected chi connectivity index (χ1v) is 11.7. The highest BCUT2D eigenvalue weighted by Crippen LogP contribution is 2.33. The Morgan fingerprint density at radius 1 is 1.12 bits per heavy atom. The van der Waals surface area contributed by atoms with Crippen LogP contribution in [0, 0.1) is 13.8 Å². The normalized spacial score (nSPS) is 17.2. The third-order valence-electron chi connectivity index (χ3n) is 5.55. The van der Waals surface area contributed by atoms with E-state index >= 15 is 0 Å². The van der Waals surface area contributed by atoms with E-state index in [4.69, 9.17) is 9.73 Å². The van der Waals surface area contributed by atoms with Crippen molar-refractivity contribution in [3.8, 4) is 0 Å². The number of carbonyl (C=O) groups is 2. The van der Waals surface area contributed by atoms with Gasteiger partial charge in [0.1, 0.15) is 5.25 Å². The molecule has 0 aliphatic carbocycles. The second kappa shape index (κ2) is 10.2. The van der Waals surface area contributed by atoms with Crippen molar-refractivity contribution in [2.45, 2.75) is 25.5 Å². The maximum absolute atomic E-state index is 13.2. The van der Waals surface area contributed by atoms with Crippen LogP contribution in [0.4, 0.5) is 11.4 Å². The van der Waals surface area contributed by atoms with Gasteiger partial charge in [-0.05, 0) is 42.5 Å². The van der Waals surface area contributed by atoms with Gasteiger partial charge >= 0.3 is 0 Å². The number of rotatable bonds is 7. The summed E-state index contributed by atoms with van der Waals surface area (Å²) in [5.74, 6) is -0.314. The first-order chi connectivity index (χ1) is 16.0. The van der Waals surface area contributed by atoms with Crippen molar-refractivity contribution in [3.05, 3.63) is 71.8 Å². The van der Waals surface area contributed by atoms with Gasteiger partial charge in [0.05, 0.1) is 18.8 Å². The molecule has 1 atom stereocenters. The topological polar surface area (TPSA) is 71.0 Å². The number of nitrogens with one attached hydrogen (secondary N) is 1. The third-order valence-corrected chi connectivity index (χ3v) is 6.73. The van der Waals surface area contributed by atoms with Crippen LogP contribution in [0.5, 0.6) is 0 Å². The second-order valence-corrected chi connectivity index (χ2v) is 9.22. The van der Waals surface area contributed by atoms with Gasteiger partial charge in [0, 0.05) is 24.6 Å². The number of aliphatic imine (C=N–C) groups is 1. The molecule has 0 spiro atoms. The molecular weight excluding hydrogens is 434 g/mol. The Bertz CT molecular complexity index is 1220. The highest BCUT2D eigenvalue weighted by Gasteiger charge is 2.39. The van der Waals surface area contributed by atoms with Gasteiger partial charge in [-0.3, -0.25) is 14.5 Å². The molecule has 1 aliphatic heterocycles. The average molecular weight is 462 g/mol. The van der Waals surface area contributed by atoms with E-state index in [9.17, 15) is 9.59 Å². The van der Waals surface area contributed by atoms with Crippen molar-refractivity contribution in [2.24, 2.45) is 4.99 Å². The number of hydrogen-bond acceptors (Lipinski definition) is 5. The molecular formula is C26H27N3O3S. The number of amidine groups is 1. The van der Waals surface area contributed by atoms with E-state index in [0.717, 1.165) is 33.3 Å². The number of amides is 2. The number of thioether (sulfide) groups is 1. The molecule has 7 heteroatoms. The minimum atomic E-state index is -0.527. The molecule has 1 unspecified atom stereocenters. The smallest absolute Gasteiger partial charge is 0.242 e. The van der Waals surface area contributed by atoms with Crippen LogP contribution in [0.3, 0.4) is 0 Å². The van der Waals surface area contributed by atoms with Crippen molar-refractivity contribution in [1.82, 2.24) is 4.90 Å². The summed E-state index contributed by atoms with van der Waals surface area (Å²) in [6.45, 7) is 4.80. The molecule has 1 heterocycles. The molecule has 170 valence electrons. The number of hydrogen-bond donors (Lipinski definition) is 1. The first kappa shape index (κ1) is 23.0. The molecule has 1 aliphatic rings. The minimum absolute atomic E-state index is 0.0715. The zero-order valence-electron chi connectivity index (χ0n) is 19.0. The maximum Gasteiger partial charge on any atom is 0.242 e. The van der Waals surface area contributed by atoms with Crippen LogP contribution >= 0.6 is 11.8 Å². The molecule has 2 amide bonds. The summed E-state index contributed by atoms with van der Waals surface area (Å²) >= 11 is 1.34. The fraction of sp³-hybridized carbons (Fsp3) is 0.269. The van der Waals surface area contributed by atoms with Gasteiger partial charge in [0.15, 0.2) is 5.17 Å². The van der Waals surface area contributed by atoms with Crippen LogP contribution in [0.1, 0.15) is 17.5 Å². The SMILES string of the molecule is COCCN1C(=O)C(CC(=O)Nc2cccc3ccccc23)SC1=Nc1cc(C)ccc1C. The summed E-state index contributed by atoms with van der Waals surface area (Å²) in [4.78, 5) is 32.4. The summed E-state index contributed by atoms with van der Waals surface area (Å²) in [7, 11) is 1.60. The maximum atomic E-state index is 13.2. The second-order valence-electron chi connectivity index (χ2n) is 8.05. The molecule has 33 heavy (non-hydrogen) atoms. The van der Waals surface area contributed by atoms with E-state index in [1.807, 2.05) is 74.5 Å². The van der Waals surface area contributed by atoms with E-state index in [0.29, 0.717) is 18.3 Å². The summed E-state index contributed by atoms with van der Waals surface area (Å²) in [6, 6.07) is 19.7. The van der Waals surface area contributed by atoms with Crippen LogP contribution in [0.2, 0.25) is 0 Å². The van der Waals surface area contributed by atoms with Crippen LogP contribution < -0.4 is 5.32 Å². The number of carbonyl (C=O) groups excluding carboxylic acids is 2. The van der Waals surface area contributed by atoms with Gasteiger partial charge in [-0.1, -0.05) is 60.3 Å². The molecule has 0 bridgehead atoms. The fourth-order valence-corrected chi connectivity index (χ4v) is 4.94. The average Bonchev–Trinajstić information content (AvgIpc) is 3.08. The lowest BCUT2D eigenvalue weighted by Crippen LogP contribution is -2.35. The summed E-state index contributed by atoms with van der Waals surface area (Å²) in [5.41, 5.74) is 3.70. The molecule has 0 aromatic heterocycles. The number of fused-ring (bicyclic) bond motifs is 1. The molecule has 4 rings (SSSR count). The molecule has 1 saturated heterocycles. The summed E-state index contributed by atoms with van der Waals surface area (Å²) < 4.78 is 5.19. The predicted octanol–water partition coefficient (Wildman–Crippen LogP) is 5.06. The zero-order valence-corrected chi connectivity index (χ0v) is 19.8. The fourth-order valence-electron chi connectivity index (χ4n) is 3.76.